The molecule has 3 aromatic rings. The summed E-state index contributed by atoms with van der Waals surface area (Å²) in [7, 11) is -2.34. The first-order chi connectivity index (χ1) is 16.4. The van der Waals surface area contributed by atoms with Gasteiger partial charge in [0.15, 0.2) is 5.82 Å². The second-order valence-electron chi connectivity index (χ2n) is 10.4. The second-order valence-corrected chi connectivity index (χ2v) is 13.0. The summed E-state index contributed by atoms with van der Waals surface area (Å²) in [6.07, 6.45) is 7.65. The van der Waals surface area contributed by atoms with Crippen molar-refractivity contribution < 1.29 is 8.95 Å². The fourth-order valence-corrected chi connectivity index (χ4v) is 5.31. The van der Waals surface area contributed by atoms with Crippen LogP contribution < -0.4 is 10.2 Å². The number of nitrogens with zero attached hydrogens (tertiary/aromatic N) is 6. The number of ether oxygens (including phenoxy) is 1. The van der Waals surface area contributed by atoms with Crippen molar-refractivity contribution in [2.45, 2.75) is 51.2 Å². The van der Waals surface area contributed by atoms with E-state index < -0.39 is 9.73 Å². The number of hydrogen-bond acceptors (Lipinski definition) is 9. The smallest absolute Gasteiger partial charge is 0.229 e. The fourth-order valence-electron chi connectivity index (χ4n) is 4.75. The summed E-state index contributed by atoms with van der Waals surface area (Å²) in [5, 5.41) is 3.27. The largest absolute Gasteiger partial charge is 0.374 e. The van der Waals surface area contributed by atoms with Crippen LogP contribution in [-0.4, -0.2) is 54.9 Å². The number of nitrogens with one attached hydrogen (secondary N) is 1. The molecule has 184 valence electrons. The standard InChI is InChI=1S/C25H31N7O2S/c1-16-10-11-17(13-26-16)28-23-27-14-18-22(30-23)32(19-12-24(2,3)34-15-25(18,19)4)21-9-7-8-20(29-21)31-35(5,6)33/h7-11,13-14,19H,12,15H2,1-6H3,(H,27,28,30)/t19-,25-/m1/s1. The van der Waals surface area contributed by atoms with Crippen LogP contribution in [0.2, 0.25) is 0 Å². The quantitative estimate of drug-likeness (QED) is 0.560. The molecule has 2 aliphatic heterocycles. The molecule has 5 heterocycles. The minimum atomic E-state index is -2.34. The van der Waals surface area contributed by atoms with E-state index in [0.29, 0.717) is 24.2 Å². The van der Waals surface area contributed by atoms with E-state index >= 15 is 0 Å². The minimum absolute atomic E-state index is 0.0576. The van der Waals surface area contributed by atoms with E-state index in [1.54, 1.807) is 24.8 Å². The van der Waals surface area contributed by atoms with Gasteiger partial charge in [-0.25, -0.2) is 14.2 Å². The van der Waals surface area contributed by atoms with Gasteiger partial charge in [-0.15, -0.1) is 0 Å². The molecule has 0 aliphatic carbocycles. The Morgan fingerprint density at radius 2 is 1.91 bits per heavy atom. The maximum Gasteiger partial charge on any atom is 0.229 e. The average molecular weight is 494 g/mol. The van der Waals surface area contributed by atoms with Gasteiger partial charge in [0.1, 0.15) is 11.6 Å². The summed E-state index contributed by atoms with van der Waals surface area (Å²) < 4.78 is 22.9. The highest BCUT2D eigenvalue weighted by Crippen LogP contribution is 2.53. The van der Waals surface area contributed by atoms with Crippen LogP contribution in [0.3, 0.4) is 0 Å². The van der Waals surface area contributed by atoms with E-state index in [0.717, 1.165) is 29.2 Å². The highest BCUT2D eigenvalue weighted by Gasteiger charge is 2.55. The Hall–Kier alpha value is -3.11. The van der Waals surface area contributed by atoms with Gasteiger partial charge >= 0.3 is 0 Å². The average Bonchev–Trinajstić information content (AvgIpc) is 3.01. The molecule has 9 nitrogen and oxygen atoms in total. The summed E-state index contributed by atoms with van der Waals surface area (Å²) >= 11 is 0. The van der Waals surface area contributed by atoms with E-state index in [-0.39, 0.29) is 17.1 Å². The first kappa shape index (κ1) is 23.6. The van der Waals surface area contributed by atoms with Gasteiger partial charge in [-0.05, 0) is 51.5 Å². The normalized spacial score (nSPS) is 22.9. The zero-order valence-corrected chi connectivity index (χ0v) is 21.8. The van der Waals surface area contributed by atoms with Gasteiger partial charge in [-0.2, -0.15) is 9.35 Å². The molecule has 35 heavy (non-hydrogen) atoms. The Morgan fingerprint density at radius 1 is 1.11 bits per heavy atom. The molecule has 10 heteroatoms. The molecule has 0 spiro atoms. The van der Waals surface area contributed by atoms with E-state index in [9.17, 15) is 4.21 Å². The van der Waals surface area contributed by atoms with Crippen LogP contribution in [0.5, 0.6) is 0 Å². The zero-order chi connectivity index (χ0) is 25.0. The molecule has 0 radical (unpaired) electrons. The fraction of sp³-hybridized carbons (Fsp3) is 0.440. The molecule has 1 saturated heterocycles. The summed E-state index contributed by atoms with van der Waals surface area (Å²) in [5.41, 5.74) is 2.16. The van der Waals surface area contributed by atoms with E-state index in [1.807, 2.05) is 37.4 Å². The topological polar surface area (TPSA) is 105 Å². The van der Waals surface area contributed by atoms with Crippen LogP contribution in [0.25, 0.3) is 0 Å². The Bertz CT molecular complexity index is 1390. The summed E-state index contributed by atoms with van der Waals surface area (Å²) in [4.78, 5) is 20.9. The molecule has 0 saturated carbocycles. The van der Waals surface area contributed by atoms with Gasteiger partial charge < -0.3 is 15.0 Å². The van der Waals surface area contributed by atoms with Gasteiger partial charge in [-0.1, -0.05) is 13.0 Å². The van der Waals surface area contributed by atoms with Crippen LogP contribution in [-0.2, 0) is 19.9 Å². The van der Waals surface area contributed by atoms with Gasteiger partial charge in [0.2, 0.25) is 5.95 Å². The Balaban J connectivity index is 1.62. The molecule has 2 atom stereocenters. The second kappa shape index (κ2) is 8.23. The monoisotopic (exact) mass is 493 g/mol. The molecule has 1 fully saturated rings. The lowest BCUT2D eigenvalue weighted by Crippen LogP contribution is -2.54. The zero-order valence-electron chi connectivity index (χ0n) is 20.9. The molecule has 0 aromatic carbocycles. The maximum absolute atomic E-state index is 12.3. The summed E-state index contributed by atoms with van der Waals surface area (Å²) in [5.74, 6) is 2.42. The molecule has 1 N–H and O–H groups in total. The Labute approximate surface area is 206 Å². The first-order valence-electron chi connectivity index (χ1n) is 11.6. The molecular formula is C25H31N7O2S. The predicted molar refractivity (Wildman–Crippen MR) is 139 cm³/mol. The van der Waals surface area contributed by atoms with Crippen molar-refractivity contribution in [3.63, 3.8) is 0 Å². The highest BCUT2D eigenvalue weighted by atomic mass is 32.2. The number of hydrogen-bond donors (Lipinski definition) is 1. The number of aromatic nitrogens is 4. The maximum atomic E-state index is 12.3. The lowest BCUT2D eigenvalue weighted by atomic mass is 9.73. The summed E-state index contributed by atoms with van der Waals surface area (Å²) in [6, 6.07) is 9.57. The van der Waals surface area contributed by atoms with Crippen molar-refractivity contribution in [1.82, 2.24) is 19.9 Å². The van der Waals surface area contributed by atoms with Crippen LogP contribution >= 0.6 is 0 Å². The first-order valence-corrected chi connectivity index (χ1v) is 13.9. The van der Waals surface area contributed by atoms with Gasteiger partial charge in [0.25, 0.3) is 0 Å². The van der Waals surface area contributed by atoms with Crippen LogP contribution in [0.1, 0.15) is 38.4 Å². The molecular weight excluding hydrogens is 462 g/mol. The van der Waals surface area contributed by atoms with E-state index in [4.69, 9.17) is 14.7 Å². The third-order valence-electron chi connectivity index (χ3n) is 6.55. The molecule has 3 aromatic heterocycles. The number of fused-ring (bicyclic) bond motifs is 3. The number of rotatable bonds is 4. The van der Waals surface area contributed by atoms with Crippen LogP contribution in [0.4, 0.5) is 29.1 Å². The SMILES string of the molecule is Cc1ccc(Nc2ncc3c(n2)N(c2cccc(N=S(C)(C)=O)n2)[C@@H]2CC(C)(C)OC[C@]32C)cn1. The van der Waals surface area contributed by atoms with Crippen molar-refractivity contribution in [1.29, 1.82) is 0 Å². The van der Waals surface area contributed by atoms with Crippen molar-refractivity contribution in [3.8, 4) is 0 Å². The van der Waals surface area contributed by atoms with Crippen molar-refractivity contribution in [2.24, 2.45) is 4.36 Å². The molecule has 0 unspecified atom stereocenters. The van der Waals surface area contributed by atoms with Crippen LogP contribution in [0, 0.1) is 6.92 Å². The Morgan fingerprint density at radius 3 is 2.63 bits per heavy atom. The number of aryl methyl sites for hydroxylation is 1. The minimum Gasteiger partial charge on any atom is -0.374 e. The van der Waals surface area contributed by atoms with Crippen molar-refractivity contribution >= 4 is 38.8 Å². The lowest BCUT2D eigenvalue weighted by molar-refractivity contribution is -0.0893. The van der Waals surface area contributed by atoms with Gasteiger partial charge in [0, 0.05) is 45.1 Å². The lowest BCUT2D eigenvalue weighted by Gasteiger charge is -2.46. The molecule has 2 aliphatic rings. The highest BCUT2D eigenvalue weighted by molar-refractivity contribution is 7.92. The molecule has 5 rings (SSSR count). The third kappa shape index (κ3) is 4.60. The third-order valence-corrected chi connectivity index (χ3v) is 7.18. The van der Waals surface area contributed by atoms with Gasteiger partial charge in [0.05, 0.1) is 30.1 Å². The Kier molecular flexibility index (Phi) is 5.56. The van der Waals surface area contributed by atoms with Crippen molar-refractivity contribution in [2.75, 3.05) is 29.3 Å². The van der Waals surface area contributed by atoms with Crippen molar-refractivity contribution in [3.05, 3.63) is 54.0 Å². The summed E-state index contributed by atoms with van der Waals surface area (Å²) in [6.45, 7) is 8.92. The van der Waals surface area contributed by atoms with Gasteiger partial charge in [-0.3, -0.25) is 4.98 Å². The number of anilines is 4. The van der Waals surface area contributed by atoms with E-state index in [2.05, 4.69) is 45.3 Å². The van der Waals surface area contributed by atoms with Crippen LogP contribution in [0.15, 0.2) is 47.1 Å². The van der Waals surface area contributed by atoms with E-state index in [1.165, 1.54) is 0 Å². The molecule has 0 amide bonds. The predicted octanol–water partition coefficient (Wildman–Crippen LogP) is 4.65. The molecule has 0 bridgehead atoms. The number of pyridine rings is 2.